The maximum absolute atomic E-state index is 12.5. The number of carbonyl (C=O) groups excluding carboxylic acids is 2. The summed E-state index contributed by atoms with van der Waals surface area (Å²) in [5, 5.41) is 14.9. The van der Waals surface area contributed by atoms with Gasteiger partial charge in [-0.2, -0.15) is 0 Å². The van der Waals surface area contributed by atoms with Crippen molar-refractivity contribution in [3.63, 3.8) is 0 Å². The maximum Gasteiger partial charge on any atom is 0.413 e. The van der Waals surface area contributed by atoms with Gasteiger partial charge in [-0.3, -0.25) is 10.1 Å². The van der Waals surface area contributed by atoms with Gasteiger partial charge < -0.3 is 15.2 Å². The van der Waals surface area contributed by atoms with Crippen LogP contribution in [0.5, 0.6) is 0 Å². The van der Waals surface area contributed by atoms with Crippen LogP contribution in [0.1, 0.15) is 71.3 Å². The first kappa shape index (κ1) is 23.6. The van der Waals surface area contributed by atoms with Crippen molar-refractivity contribution in [2.45, 2.75) is 83.8 Å². The van der Waals surface area contributed by atoms with E-state index in [1.165, 1.54) is 12.6 Å². The molecule has 0 saturated heterocycles. The third-order valence-corrected chi connectivity index (χ3v) is 5.02. The minimum absolute atomic E-state index is 0.00200. The topological polar surface area (TPSA) is 118 Å². The van der Waals surface area contributed by atoms with Crippen LogP contribution in [0, 0.1) is 5.92 Å². The number of carboxylic acids is 1. The van der Waals surface area contributed by atoms with Crippen LogP contribution in [-0.2, 0) is 20.7 Å². The summed E-state index contributed by atoms with van der Waals surface area (Å²) in [6.07, 6.45) is 7.89. The molecule has 2 amide bonds. The molecule has 0 aromatic carbocycles. The Hall–Kier alpha value is -2.64. The molecule has 1 atom stereocenters. The molecule has 30 heavy (non-hydrogen) atoms. The number of carboxylic acid groups (broad SMARTS) is 1. The van der Waals surface area contributed by atoms with Crippen molar-refractivity contribution in [2.75, 3.05) is 5.32 Å². The van der Waals surface area contributed by atoms with E-state index >= 15 is 0 Å². The Morgan fingerprint density at radius 1 is 1.17 bits per heavy atom. The molecule has 0 aliphatic heterocycles. The van der Waals surface area contributed by atoms with Gasteiger partial charge in [0.25, 0.3) is 0 Å². The summed E-state index contributed by atoms with van der Waals surface area (Å²) in [5.41, 5.74) is -0.0138. The summed E-state index contributed by atoms with van der Waals surface area (Å²) in [5.74, 6) is -1.13. The van der Waals surface area contributed by atoms with Gasteiger partial charge >= 0.3 is 12.1 Å². The van der Waals surface area contributed by atoms with Crippen LogP contribution in [0.25, 0.3) is 0 Å². The molecule has 0 bridgehead atoms. The Kier molecular flexibility index (Phi) is 8.62. The molecule has 2 rings (SSSR count). The fraction of sp³-hybridized carbons (Fsp3) is 0.636. The second-order valence-corrected chi connectivity index (χ2v) is 8.84. The average molecular weight is 420 g/mol. The van der Waals surface area contributed by atoms with E-state index in [9.17, 15) is 19.5 Å². The molecule has 1 aliphatic carbocycles. The molecule has 1 aliphatic rings. The number of aromatic nitrogens is 1. The van der Waals surface area contributed by atoms with E-state index in [0.29, 0.717) is 5.56 Å². The molecule has 1 unspecified atom stereocenters. The van der Waals surface area contributed by atoms with Crippen molar-refractivity contribution in [2.24, 2.45) is 5.92 Å². The number of ether oxygens (including phenoxy) is 1. The lowest BCUT2D eigenvalue weighted by molar-refractivity contribution is -0.143. The molecule has 1 fully saturated rings. The van der Waals surface area contributed by atoms with E-state index in [4.69, 9.17) is 4.74 Å². The van der Waals surface area contributed by atoms with Gasteiger partial charge in [0.05, 0.1) is 6.42 Å². The normalized spacial score (nSPS) is 16.6. The number of hydrogen-bond acceptors (Lipinski definition) is 5. The highest BCUT2D eigenvalue weighted by Crippen LogP contribution is 2.25. The van der Waals surface area contributed by atoms with Gasteiger partial charge in [0.1, 0.15) is 17.5 Å². The van der Waals surface area contributed by atoms with Crippen LogP contribution in [0.3, 0.4) is 0 Å². The van der Waals surface area contributed by atoms with E-state index in [-0.39, 0.29) is 24.1 Å². The fourth-order valence-corrected chi connectivity index (χ4v) is 3.67. The fourth-order valence-electron chi connectivity index (χ4n) is 3.67. The number of pyridine rings is 1. The number of amides is 2. The predicted molar refractivity (Wildman–Crippen MR) is 113 cm³/mol. The van der Waals surface area contributed by atoms with Gasteiger partial charge in [-0.25, -0.2) is 14.6 Å². The maximum atomic E-state index is 12.5. The van der Waals surface area contributed by atoms with Crippen molar-refractivity contribution in [1.29, 1.82) is 0 Å². The monoisotopic (exact) mass is 419 g/mol. The van der Waals surface area contributed by atoms with Gasteiger partial charge in [-0.15, -0.1) is 0 Å². The van der Waals surface area contributed by atoms with Crippen LogP contribution >= 0.6 is 0 Å². The molecule has 1 saturated carbocycles. The molecule has 3 N–H and O–H groups in total. The Labute approximate surface area is 177 Å². The van der Waals surface area contributed by atoms with E-state index < -0.39 is 23.7 Å². The predicted octanol–water partition coefficient (Wildman–Crippen LogP) is 3.90. The van der Waals surface area contributed by atoms with Crippen molar-refractivity contribution in [3.8, 4) is 0 Å². The number of nitrogens with one attached hydrogen (secondary N) is 2. The lowest BCUT2D eigenvalue weighted by atomic mass is 9.85. The Morgan fingerprint density at radius 3 is 2.40 bits per heavy atom. The molecule has 1 aromatic rings. The van der Waals surface area contributed by atoms with Crippen molar-refractivity contribution in [1.82, 2.24) is 10.3 Å². The minimum Gasteiger partial charge on any atom is -0.480 e. The number of rotatable bonds is 6. The third kappa shape index (κ3) is 8.39. The highest BCUT2D eigenvalue weighted by Gasteiger charge is 2.29. The number of aliphatic carboxylic acids is 1. The minimum atomic E-state index is -0.990. The van der Waals surface area contributed by atoms with Gasteiger partial charge in [0.2, 0.25) is 5.91 Å². The first-order chi connectivity index (χ1) is 14.1. The van der Waals surface area contributed by atoms with E-state index in [1.807, 2.05) is 0 Å². The lowest BCUT2D eigenvalue weighted by Gasteiger charge is -2.26. The summed E-state index contributed by atoms with van der Waals surface area (Å²) < 4.78 is 5.19. The van der Waals surface area contributed by atoms with Gasteiger partial charge in [0, 0.05) is 6.20 Å². The molecular formula is C22H33N3O5. The summed E-state index contributed by atoms with van der Waals surface area (Å²) in [7, 11) is 0. The Balaban J connectivity index is 1.97. The van der Waals surface area contributed by atoms with Crippen LogP contribution in [0.2, 0.25) is 0 Å². The van der Waals surface area contributed by atoms with Gasteiger partial charge in [0.15, 0.2) is 0 Å². The average Bonchev–Trinajstić information content (AvgIpc) is 2.58. The largest absolute Gasteiger partial charge is 0.480 e. The van der Waals surface area contributed by atoms with Crippen LogP contribution in [0.15, 0.2) is 18.3 Å². The number of hydrogen-bond donors (Lipinski definition) is 3. The number of anilines is 1. The van der Waals surface area contributed by atoms with Crippen molar-refractivity contribution < 1.29 is 24.2 Å². The summed E-state index contributed by atoms with van der Waals surface area (Å²) in [6.45, 7) is 5.28. The second kappa shape index (κ2) is 10.9. The van der Waals surface area contributed by atoms with Crippen molar-refractivity contribution in [3.05, 3.63) is 23.9 Å². The molecule has 0 radical (unpaired) electrons. The zero-order chi connectivity index (χ0) is 22.1. The van der Waals surface area contributed by atoms with E-state index in [2.05, 4.69) is 15.6 Å². The molecular weight excluding hydrogens is 386 g/mol. The first-order valence-electron chi connectivity index (χ1n) is 10.6. The highest BCUT2D eigenvalue weighted by atomic mass is 16.6. The standard InChI is InChI=1S/C22H33N3O5/c1-22(2,3)30-21(29)24-17-13-15(11-12-23-17)14-18(26)25-19(20(27)28)16-9-7-5-4-6-8-10-16/h11-13,16,19H,4-10,14H2,1-3H3,(H,25,26)(H,27,28)(H,23,24,29). The molecule has 1 aromatic heterocycles. The van der Waals surface area contributed by atoms with Crippen LogP contribution in [-0.4, -0.2) is 39.7 Å². The third-order valence-electron chi connectivity index (χ3n) is 5.02. The smallest absolute Gasteiger partial charge is 0.413 e. The van der Waals surface area contributed by atoms with Crippen molar-refractivity contribution >= 4 is 23.8 Å². The molecule has 0 spiro atoms. The number of carbonyl (C=O) groups is 3. The Bertz CT molecular complexity index is 737. The summed E-state index contributed by atoms with van der Waals surface area (Å²) >= 11 is 0. The highest BCUT2D eigenvalue weighted by molar-refractivity contribution is 5.86. The SMILES string of the molecule is CC(C)(C)OC(=O)Nc1cc(CC(=O)NC(C(=O)O)C2CCCCCCC2)ccn1. The van der Waals surface area contributed by atoms with Gasteiger partial charge in [-0.1, -0.05) is 32.1 Å². The zero-order valence-corrected chi connectivity index (χ0v) is 18.1. The second-order valence-electron chi connectivity index (χ2n) is 8.84. The number of nitrogens with zero attached hydrogens (tertiary/aromatic N) is 1. The zero-order valence-electron chi connectivity index (χ0n) is 18.1. The quantitative estimate of drug-likeness (QED) is 0.644. The molecule has 1 heterocycles. The Morgan fingerprint density at radius 2 is 1.80 bits per heavy atom. The molecule has 166 valence electrons. The molecule has 8 nitrogen and oxygen atoms in total. The van der Waals surface area contributed by atoms with E-state index in [1.54, 1.807) is 32.9 Å². The van der Waals surface area contributed by atoms with E-state index in [0.717, 1.165) is 38.5 Å². The van der Waals surface area contributed by atoms with Crippen LogP contribution < -0.4 is 10.6 Å². The summed E-state index contributed by atoms with van der Waals surface area (Å²) in [6, 6.07) is 2.36. The molecule has 8 heteroatoms. The first-order valence-corrected chi connectivity index (χ1v) is 10.6. The summed E-state index contributed by atoms with van der Waals surface area (Å²) in [4.78, 5) is 40.3. The lowest BCUT2D eigenvalue weighted by Crippen LogP contribution is -2.46. The van der Waals surface area contributed by atoms with Crippen LogP contribution in [0.4, 0.5) is 10.6 Å². The van der Waals surface area contributed by atoms with Gasteiger partial charge in [-0.05, 0) is 57.2 Å².